The zero-order chi connectivity index (χ0) is 57.0. The first kappa shape index (κ1) is 64.1. The number of nitrogens with one attached hydrogen (secondary N) is 6. The predicted molar refractivity (Wildman–Crippen MR) is 263 cm³/mol. The minimum atomic E-state index is -1.98. The van der Waals surface area contributed by atoms with Crippen LogP contribution >= 0.6 is 0 Å². The van der Waals surface area contributed by atoms with Crippen molar-refractivity contribution in [1.82, 2.24) is 31.9 Å². The first-order valence-corrected chi connectivity index (χ1v) is 24.9. The maximum atomic E-state index is 14.0. The highest BCUT2D eigenvalue weighted by Crippen LogP contribution is 2.35. The van der Waals surface area contributed by atoms with Gasteiger partial charge in [-0.3, -0.25) is 4.79 Å². The Morgan fingerprint density at radius 3 is 1.56 bits per heavy atom. The lowest BCUT2D eigenvalue weighted by molar-refractivity contribution is -0.304. The van der Waals surface area contributed by atoms with Gasteiger partial charge in [-0.25, -0.2) is 24.0 Å². The number of hydrogen-bond donors (Lipinski definition) is 10. The maximum absolute atomic E-state index is 14.0. The van der Waals surface area contributed by atoms with Gasteiger partial charge < -0.3 is 95.0 Å². The molecule has 0 radical (unpaired) electrons. The van der Waals surface area contributed by atoms with Gasteiger partial charge in [0.25, 0.3) is 0 Å². The summed E-state index contributed by atoms with van der Waals surface area (Å²) in [5.74, 6) is -1.05. The van der Waals surface area contributed by atoms with E-state index in [-0.39, 0.29) is 32.4 Å². The highest BCUT2D eigenvalue weighted by atomic mass is 16.7. The molecule has 2 saturated heterocycles. The number of nitrogens with zero attached hydrogens (tertiary/aromatic N) is 3. The fourth-order valence-electron chi connectivity index (χ4n) is 7.89. The lowest BCUT2D eigenvalue weighted by atomic mass is 9.81. The predicted octanol–water partition coefficient (Wildman–Crippen LogP) is 2.75. The van der Waals surface area contributed by atoms with Crippen molar-refractivity contribution >= 4 is 36.4 Å². The van der Waals surface area contributed by atoms with E-state index in [2.05, 4.69) is 41.9 Å². The molecule has 0 aromatic carbocycles. The van der Waals surface area contributed by atoms with Crippen molar-refractivity contribution in [2.45, 2.75) is 243 Å². The molecule has 1 aliphatic carbocycles. The van der Waals surface area contributed by atoms with Gasteiger partial charge in [0.2, 0.25) is 5.91 Å². The Labute approximate surface area is 437 Å². The van der Waals surface area contributed by atoms with E-state index in [0.29, 0.717) is 0 Å². The summed E-state index contributed by atoms with van der Waals surface area (Å²) >= 11 is 0. The molecule has 3 fully saturated rings. The summed E-state index contributed by atoms with van der Waals surface area (Å²) in [5.41, 5.74) is 5.56. The van der Waals surface area contributed by atoms with Crippen molar-refractivity contribution in [3.8, 4) is 0 Å². The molecule has 0 bridgehead atoms. The second-order valence-corrected chi connectivity index (χ2v) is 23.5. The van der Waals surface area contributed by atoms with Crippen LogP contribution in [0.4, 0.5) is 24.0 Å². The van der Waals surface area contributed by atoms with Gasteiger partial charge in [-0.15, -0.1) is 0 Å². The SMILES string of the molecule is CC(C)(C)OC(=O)NCC[C@H](O)C(=O)N[C@@H]1C[C@@H](NC(=O)OC(C)(C)C)C(O[C@H]2OC(CNC(=O)OC(C)(C)C)CCC2NC(=O)OC(C)(C)C)C(N=[N+]=[N-])[C@H]1O[C@H]1OC(CO)[C@@H](O)[C@H](NC(=O)OC(C)(C)C)C1O. The Morgan fingerprint density at radius 2 is 1.07 bits per heavy atom. The topological polar surface area (TPSA) is 387 Å². The number of carbonyl (C=O) groups is 6. The molecule has 0 spiro atoms. The van der Waals surface area contributed by atoms with Gasteiger partial charge in [0, 0.05) is 18.0 Å². The Hall–Kier alpha value is -5.19. The Morgan fingerprint density at radius 1 is 0.613 bits per heavy atom. The number of amides is 6. The zero-order valence-electron chi connectivity index (χ0n) is 45.8. The maximum Gasteiger partial charge on any atom is 0.408 e. The molecule has 2 heterocycles. The second kappa shape index (κ2) is 26.7. The van der Waals surface area contributed by atoms with Crippen molar-refractivity contribution in [2.75, 3.05) is 19.7 Å². The number of rotatable bonds is 16. The summed E-state index contributed by atoms with van der Waals surface area (Å²) in [7, 11) is 0. The molecule has 6 unspecified atom stereocenters. The molecule has 0 aromatic rings. The van der Waals surface area contributed by atoms with Crippen LogP contribution in [0.2, 0.25) is 0 Å². The summed E-state index contributed by atoms with van der Waals surface area (Å²) in [6.45, 7) is 23.2. The molecule has 6 amide bonds. The van der Waals surface area contributed by atoms with Crippen LogP contribution in [0.3, 0.4) is 0 Å². The summed E-state index contributed by atoms with van der Waals surface area (Å²) in [6.07, 6.45) is -19.5. The number of aliphatic hydroxyl groups excluding tert-OH is 4. The van der Waals surface area contributed by atoms with E-state index in [1.54, 1.807) is 104 Å². The molecular formula is C47H83N9O19. The van der Waals surface area contributed by atoms with Crippen molar-refractivity contribution in [3.05, 3.63) is 10.4 Å². The molecule has 2 aliphatic heterocycles. The van der Waals surface area contributed by atoms with Crippen molar-refractivity contribution < 1.29 is 91.8 Å². The minimum absolute atomic E-state index is 0.110. The fraction of sp³-hybridized carbons (Fsp3) is 0.872. The normalized spacial score (nSPS) is 28.9. The molecule has 10 N–H and O–H groups in total. The van der Waals surface area contributed by atoms with Gasteiger partial charge in [-0.2, -0.15) is 0 Å². The molecule has 28 nitrogen and oxygen atoms in total. The smallest absolute Gasteiger partial charge is 0.408 e. The van der Waals surface area contributed by atoms with E-state index < -0.39 is 163 Å². The third-order valence-corrected chi connectivity index (χ3v) is 10.8. The standard InChI is InChI=1S/C47H83N9O19/c1-43(2,3)71-38(62)49-19-18-27(58)35(61)51-25-20-26(53-41(65)74-46(10,11)12)34(69-36-24(52-40(64)73-45(7,8)9)17-16-23(67-36)21-50-39(63)72-44(4,5)6)30(55-56-48)33(25)70-37-32(60)29(31(59)28(22-57)68-37)54-42(66)75-47(13,14)15/h23-34,36-37,57-60H,16-22H2,1-15H3,(H,49,62)(H,50,63)(H,51,61)(H,52,64)(H,53,65)(H,54,66)/t23?,24?,25-,26-,27+,28?,29+,30?,31-,32?,33+,34?,36-,37-/m1/s1. The molecule has 14 atom stereocenters. The van der Waals surface area contributed by atoms with Crippen LogP contribution in [-0.2, 0) is 47.4 Å². The molecule has 3 aliphatic rings. The van der Waals surface area contributed by atoms with Gasteiger partial charge in [0.1, 0.15) is 52.4 Å². The Balaban J connectivity index is 2.20. The molecule has 3 rings (SSSR count). The highest BCUT2D eigenvalue weighted by molar-refractivity contribution is 5.81. The van der Waals surface area contributed by atoms with Gasteiger partial charge in [0.15, 0.2) is 12.6 Å². The fourth-order valence-corrected chi connectivity index (χ4v) is 7.89. The lowest BCUT2D eigenvalue weighted by Crippen LogP contribution is -2.70. The monoisotopic (exact) mass is 1080 g/mol. The van der Waals surface area contributed by atoms with Crippen LogP contribution in [0.25, 0.3) is 10.4 Å². The summed E-state index contributed by atoms with van der Waals surface area (Å²) in [4.78, 5) is 82.2. The third kappa shape index (κ3) is 22.5. The Bertz CT molecular complexity index is 1980. The number of carbonyl (C=O) groups excluding carboxylic acids is 6. The first-order valence-electron chi connectivity index (χ1n) is 24.9. The molecule has 0 aromatic heterocycles. The minimum Gasteiger partial charge on any atom is -0.444 e. The molecule has 28 heteroatoms. The summed E-state index contributed by atoms with van der Waals surface area (Å²) in [6, 6.07) is -7.17. The van der Waals surface area contributed by atoms with Crippen LogP contribution < -0.4 is 31.9 Å². The molecular weight excluding hydrogens is 995 g/mol. The number of azide groups is 1. The third-order valence-electron chi connectivity index (χ3n) is 10.8. The Kier molecular flexibility index (Phi) is 22.8. The van der Waals surface area contributed by atoms with E-state index >= 15 is 0 Å². The van der Waals surface area contributed by atoms with Crippen molar-refractivity contribution in [2.24, 2.45) is 5.11 Å². The first-order chi connectivity index (χ1) is 34.4. The number of hydrogen-bond acceptors (Lipinski definition) is 20. The van der Waals surface area contributed by atoms with Crippen LogP contribution in [0.1, 0.15) is 130 Å². The molecule has 75 heavy (non-hydrogen) atoms. The largest absolute Gasteiger partial charge is 0.444 e. The van der Waals surface area contributed by atoms with E-state index in [9.17, 15) is 54.7 Å². The second-order valence-electron chi connectivity index (χ2n) is 23.5. The number of aliphatic hydroxyl groups is 4. The molecule has 430 valence electrons. The van der Waals surface area contributed by atoms with Crippen molar-refractivity contribution in [3.63, 3.8) is 0 Å². The highest BCUT2D eigenvalue weighted by Gasteiger charge is 2.54. The van der Waals surface area contributed by atoms with Crippen molar-refractivity contribution in [1.29, 1.82) is 0 Å². The van der Waals surface area contributed by atoms with Crippen LogP contribution in [0.5, 0.6) is 0 Å². The van der Waals surface area contributed by atoms with Gasteiger partial charge in [-0.1, -0.05) is 5.11 Å². The van der Waals surface area contributed by atoms with E-state index in [1.807, 2.05) is 0 Å². The summed E-state index contributed by atoms with van der Waals surface area (Å²) < 4.78 is 52.5. The average molecular weight is 1080 g/mol. The number of alkyl carbamates (subject to hydrolysis) is 5. The lowest BCUT2D eigenvalue weighted by Gasteiger charge is -2.50. The van der Waals surface area contributed by atoms with Crippen LogP contribution in [0, 0.1) is 0 Å². The van der Waals surface area contributed by atoms with Crippen LogP contribution in [0.15, 0.2) is 5.11 Å². The van der Waals surface area contributed by atoms with Gasteiger partial charge in [0.05, 0.1) is 55.1 Å². The molecule has 1 saturated carbocycles. The van der Waals surface area contributed by atoms with E-state index in [4.69, 9.17) is 42.6 Å². The zero-order valence-corrected chi connectivity index (χ0v) is 45.8. The average Bonchev–Trinajstić information content (AvgIpc) is 3.22. The van der Waals surface area contributed by atoms with E-state index in [0.717, 1.165) is 0 Å². The summed E-state index contributed by atoms with van der Waals surface area (Å²) in [5, 5.41) is 64.1. The quantitative estimate of drug-likeness (QED) is 0.0460. The van der Waals surface area contributed by atoms with E-state index in [1.165, 1.54) is 0 Å². The van der Waals surface area contributed by atoms with Crippen LogP contribution in [-0.4, -0.2) is 190 Å². The van der Waals surface area contributed by atoms with Gasteiger partial charge >= 0.3 is 30.5 Å². The van der Waals surface area contributed by atoms with Gasteiger partial charge in [-0.05, 0) is 135 Å². The number of ether oxygens (including phenoxy) is 9.